The maximum absolute atomic E-state index is 12.5. The number of para-hydroxylation sites is 1. The molecule has 0 radical (unpaired) electrons. The normalized spacial score (nSPS) is 24.8. The van der Waals surface area contributed by atoms with Crippen LogP contribution in [0.4, 0.5) is 13.2 Å². The fraction of sp³-hybridized carbons (Fsp3) is 0.571. The average Bonchev–Trinajstić information content (AvgIpc) is 2.53. The van der Waals surface area contributed by atoms with Gasteiger partial charge in [0.15, 0.2) is 0 Å². The van der Waals surface area contributed by atoms with E-state index in [2.05, 4.69) is 10.1 Å². The van der Waals surface area contributed by atoms with E-state index in [0.29, 0.717) is 5.56 Å². The van der Waals surface area contributed by atoms with Crippen molar-refractivity contribution in [2.75, 3.05) is 6.54 Å². The molecule has 0 bridgehead atoms. The molecule has 1 aliphatic rings. The van der Waals surface area contributed by atoms with Gasteiger partial charge in [-0.2, -0.15) is 0 Å². The third kappa shape index (κ3) is 3.62. The molecule has 0 amide bonds. The number of benzene rings is 1. The van der Waals surface area contributed by atoms with Gasteiger partial charge in [0.1, 0.15) is 5.75 Å². The van der Waals surface area contributed by atoms with Gasteiger partial charge in [-0.25, -0.2) is 0 Å². The Morgan fingerprint density at radius 3 is 2.63 bits per heavy atom. The fourth-order valence-electron chi connectivity index (χ4n) is 2.60. The van der Waals surface area contributed by atoms with E-state index in [4.69, 9.17) is 0 Å². The third-order valence-corrected chi connectivity index (χ3v) is 3.58. The molecule has 1 aromatic carbocycles. The highest BCUT2D eigenvalue weighted by atomic mass is 19.4. The summed E-state index contributed by atoms with van der Waals surface area (Å²) in [5.41, 5.74) is 0.118. The van der Waals surface area contributed by atoms with Crippen molar-refractivity contribution in [1.82, 2.24) is 5.32 Å². The van der Waals surface area contributed by atoms with E-state index in [1.807, 2.05) is 6.92 Å². The zero-order valence-electron chi connectivity index (χ0n) is 10.9. The first-order valence-corrected chi connectivity index (χ1v) is 6.51. The van der Waals surface area contributed by atoms with Crippen LogP contribution < -0.4 is 10.1 Å². The Bertz CT molecular complexity index is 423. The van der Waals surface area contributed by atoms with E-state index < -0.39 is 11.9 Å². The highest BCUT2D eigenvalue weighted by Gasteiger charge is 2.36. The molecule has 19 heavy (non-hydrogen) atoms. The summed E-state index contributed by atoms with van der Waals surface area (Å²) in [4.78, 5) is 0. The zero-order chi connectivity index (χ0) is 13.9. The number of rotatable bonds is 2. The summed E-state index contributed by atoms with van der Waals surface area (Å²) in [7, 11) is 0. The fourth-order valence-corrected chi connectivity index (χ4v) is 2.60. The van der Waals surface area contributed by atoms with E-state index >= 15 is 0 Å². The van der Waals surface area contributed by atoms with Crippen molar-refractivity contribution < 1.29 is 17.9 Å². The first kappa shape index (κ1) is 14.2. The molecule has 0 aromatic heterocycles. The largest absolute Gasteiger partial charge is 0.573 e. The van der Waals surface area contributed by atoms with Gasteiger partial charge in [-0.3, -0.25) is 0 Å². The molecule has 0 aliphatic carbocycles. The lowest BCUT2D eigenvalue weighted by molar-refractivity contribution is -0.275. The van der Waals surface area contributed by atoms with Gasteiger partial charge in [-0.15, -0.1) is 13.2 Å². The van der Waals surface area contributed by atoms with Gasteiger partial charge in [-0.05, 0) is 32.4 Å². The first-order chi connectivity index (χ1) is 8.91. The minimum Gasteiger partial charge on any atom is -0.405 e. The summed E-state index contributed by atoms with van der Waals surface area (Å²) in [5, 5.41) is 3.35. The number of alkyl halides is 3. The van der Waals surface area contributed by atoms with Gasteiger partial charge in [0.25, 0.3) is 0 Å². The van der Waals surface area contributed by atoms with E-state index in [0.717, 1.165) is 32.2 Å². The lowest BCUT2D eigenvalue weighted by Gasteiger charge is -2.31. The highest BCUT2D eigenvalue weighted by molar-refractivity contribution is 5.39. The molecule has 1 atom stereocenters. The minimum atomic E-state index is -4.66. The topological polar surface area (TPSA) is 21.3 Å². The monoisotopic (exact) mass is 273 g/mol. The molecular formula is C14H18F3NO. The Kier molecular flexibility index (Phi) is 4.04. The van der Waals surface area contributed by atoms with Crippen LogP contribution in [0.25, 0.3) is 0 Å². The summed E-state index contributed by atoms with van der Waals surface area (Å²) in [6.07, 6.45) is -0.685. The van der Waals surface area contributed by atoms with Crippen molar-refractivity contribution in [1.29, 1.82) is 0 Å². The molecular weight excluding hydrogens is 255 g/mol. The molecule has 2 rings (SSSR count). The quantitative estimate of drug-likeness (QED) is 0.880. The number of nitrogens with one attached hydrogen (secondary N) is 1. The van der Waals surface area contributed by atoms with E-state index in [-0.39, 0.29) is 5.75 Å². The van der Waals surface area contributed by atoms with Crippen molar-refractivity contribution in [3.05, 3.63) is 29.8 Å². The number of hydrogen-bond donors (Lipinski definition) is 1. The minimum absolute atomic E-state index is 0.105. The molecule has 1 saturated heterocycles. The third-order valence-electron chi connectivity index (χ3n) is 3.58. The van der Waals surface area contributed by atoms with Crippen molar-refractivity contribution in [2.45, 2.75) is 44.5 Å². The van der Waals surface area contributed by atoms with Gasteiger partial charge >= 0.3 is 6.36 Å². The highest BCUT2D eigenvalue weighted by Crippen LogP contribution is 2.37. The second kappa shape index (κ2) is 5.41. The smallest absolute Gasteiger partial charge is 0.405 e. The summed E-state index contributed by atoms with van der Waals surface area (Å²) in [6.45, 7) is 2.76. The Morgan fingerprint density at radius 1 is 1.16 bits per heavy atom. The van der Waals surface area contributed by atoms with Crippen LogP contribution >= 0.6 is 0 Å². The molecule has 2 nitrogen and oxygen atoms in total. The second-order valence-electron chi connectivity index (χ2n) is 5.11. The predicted octanol–water partition coefficient (Wildman–Crippen LogP) is 3.96. The maximum atomic E-state index is 12.5. The zero-order valence-corrected chi connectivity index (χ0v) is 10.9. The summed E-state index contributed by atoms with van der Waals surface area (Å²) >= 11 is 0. The Morgan fingerprint density at radius 2 is 1.89 bits per heavy atom. The van der Waals surface area contributed by atoms with Crippen LogP contribution in [0, 0.1) is 0 Å². The number of halogens is 3. The molecule has 1 N–H and O–H groups in total. The van der Waals surface area contributed by atoms with Crippen LogP contribution in [0.1, 0.15) is 38.2 Å². The number of hydrogen-bond acceptors (Lipinski definition) is 2. The van der Waals surface area contributed by atoms with Gasteiger partial charge in [0, 0.05) is 11.1 Å². The van der Waals surface area contributed by atoms with Crippen LogP contribution in [0.5, 0.6) is 5.75 Å². The molecule has 1 fully saturated rings. The molecule has 1 aromatic rings. The second-order valence-corrected chi connectivity index (χ2v) is 5.11. The molecule has 1 heterocycles. The van der Waals surface area contributed by atoms with Crippen LogP contribution in [-0.2, 0) is 5.54 Å². The molecule has 106 valence electrons. The first-order valence-electron chi connectivity index (χ1n) is 6.51. The van der Waals surface area contributed by atoms with Crippen molar-refractivity contribution in [3.8, 4) is 5.75 Å². The van der Waals surface area contributed by atoms with Crippen LogP contribution in [0.2, 0.25) is 0 Å². The Balaban J connectivity index is 2.32. The summed E-state index contributed by atoms with van der Waals surface area (Å²) in [6, 6.07) is 6.39. The average molecular weight is 273 g/mol. The molecule has 1 aliphatic heterocycles. The maximum Gasteiger partial charge on any atom is 0.573 e. The van der Waals surface area contributed by atoms with Gasteiger partial charge in [0.2, 0.25) is 0 Å². The molecule has 5 heteroatoms. The lowest BCUT2D eigenvalue weighted by Crippen LogP contribution is -2.39. The standard InChI is InChI=1S/C14H18F3NO/c1-13(9-5-2-6-10-18-13)11-7-3-4-8-12(11)19-14(15,16)17/h3-4,7-8,18H,2,5-6,9-10H2,1H3. The predicted molar refractivity (Wildman–Crippen MR) is 66.9 cm³/mol. The van der Waals surface area contributed by atoms with Gasteiger partial charge in [-0.1, -0.05) is 31.0 Å². The van der Waals surface area contributed by atoms with Crippen molar-refractivity contribution in [3.63, 3.8) is 0 Å². The Labute approximate surface area is 111 Å². The molecule has 0 spiro atoms. The van der Waals surface area contributed by atoms with E-state index in [1.54, 1.807) is 18.2 Å². The summed E-state index contributed by atoms with van der Waals surface area (Å²) < 4.78 is 41.5. The van der Waals surface area contributed by atoms with Crippen LogP contribution in [0.15, 0.2) is 24.3 Å². The van der Waals surface area contributed by atoms with Gasteiger partial charge in [0.05, 0.1) is 0 Å². The van der Waals surface area contributed by atoms with Crippen molar-refractivity contribution >= 4 is 0 Å². The number of ether oxygens (including phenoxy) is 1. The van der Waals surface area contributed by atoms with Crippen LogP contribution in [-0.4, -0.2) is 12.9 Å². The summed E-state index contributed by atoms with van der Waals surface area (Å²) in [5.74, 6) is -0.105. The SMILES string of the molecule is CC1(c2ccccc2OC(F)(F)F)CCCCCN1. The van der Waals surface area contributed by atoms with Gasteiger partial charge < -0.3 is 10.1 Å². The Hall–Kier alpha value is -1.23. The molecule has 0 saturated carbocycles. The lowest BCUT2D eigenvalue weighted by atomic mass is 9.87. The molecule has 1 unspecified atom stereocenters. The van der Waals surface area contributed by atoms with E-state index in [1.165, 1.54) is 6.07 Å². The van der Waals surface area contributed by atoms with Crippen molar-refractivity contribution in [2.24, 2.45) is 0 Å². The van der Waals surface area contributed by atoms with Crippen LogP contribution in [0.3, 0.4) is 0 Å². The van der Waals surface area contributed by atoms with E-state index in [9.17, 15) is 13.2 Å².